The number of hydrogen-bond donors (Lipinski definition) is 2. The van der Waals surface area contributed by atoms with Gasteiger partial charge < -0.3 is 10.2 Å². The van der Waals surface area contributed by atoms with Gasteiger partial charge in [0.25, 0.3) is 0 Å². The molecule has 140 valence electrons. The van der Waals surface area contributed by atoms with Crippen LogP contribution in [-0.2, 0) is 11.2 Å². The fourth-order valence-corrected chi connectivity index (χ4v) is 3.11. The van der Waals surface area contributed by atoms with Crippen LogP contribution in [-0.4, -0.2) is 40.9 Å². The smallest absolute Gasteiger partial charge is 0.234 e. The van der Waals surface area contributed by atoms with Crippen molar-refractivity contribution in [3.8, 4) is 11.4 Å². The number of aromatic amines is 1. The lowest BCUT2D eigenvalue weighted by Crippen LogP contribution is -2.14. The number of thioether (sulfide) groups is 1. The maximum atomic E-state index is 12.1. The largest absolute Gasteiger partial charge is 0.378 e. The molecule has 0 atom stereocenters. The zero-order valence-electron chi connectivity index (χ0n) is 15.7. The summed E-state index contributed by atoms with van der Waals surface area (Å²) in [7, 11) is 3.96. The molecule has 0 aliphatic carbocycles. The Balaban J connectivity index is 1.53. The van der Waals surface area contributed by atoms with E-state index < -0.39 is 0 Å². The Hall–Kier alpha value is -2.80. The highest BCUT2D eigenvalue weighted by molar-refractivity contribution is 7.99. The van der Waals surface area contributed by atoms with Crippen LogP contribution in [0.15, 0.2) is 53.7 Å². The summed E-state index contributed by atoms with van der Waals surface area (Å²) in [5.74, 6) is 0.873. The molecule has 0 unspecified atom stereocenters. The van der Waals surface area contributed by atoms with E-state index in [-0.39, 0.29) is 11.7 Å². The number of nitrogens with one attached hydrogen (secondary N) is 2. The van der Waals surface area contributed by atoms with E-state index >= 15 is 0 Å². The summed E-state index contributed by atoms with van der Waals surface area (Å²) in [5.41, 5.74) is 4.13. The second kappa shape index (κ2) is 8.73. The van der Waals surface area contributed by atoms with Gasteiger partial charge in [-0.05, 0) is 36.2 Å². The molecule has 6 nitrogen and oxygen atoms in total. The first-order chi connectivity index (χ1) is 13.0. The van der Waals surface area contributed by atoms with Crippen molar-refractivity contribution in [3.63, 3.8) is 0 Å². The van der Waals surface area contributed by atoms with Gasteiger partial charge in [-0.3, -0.25) is 9.89 Å². The van der Waals surface area contributed by atoms with Gasteiger partial charge in [0.1, 0.15) is 0 Å². The monoisotopic (exact) mass is 381 g/mol. The number of aryl methyl sites for hydroxylation is 1. The summed E-state index contributed by atoms with van der Waals surface area (Å²) in [6.07, 6.45) is 1.00. The van der Waals surface area contributed by atoms with Crippen molar-refractivity contribution in [2.75, 3.05) is 30.1 Å². The molecule has 0 fully saturated rings. The number of H-pyrrole nitrogens is 1. The molecule has 0 bridgehead atoms. The van der Waals surface area contributed by atoms with Crippen molar-refractivity contribution in [3.05, 3.63) is 54.1 Å². The van der Waals surface area contributed by atoms with Crippen LogP contribution in [0.1, 0.15) is 12.5 Å². The van der Waals surface area contributed by atoms with Crippen LogP contribution in [0.4, 0.5) is 11.4 Å². The predicted molar refractivity (Wildman–Crippen MR) is 111 cm³/mol. The van der Waals surface area contributed by atoms with Crippen molar-refractivity contribution in [2.24, 2.45) is 0 Å². The van der Waals surface area contributed by atoms with Gasteiger partial charge in [-0.25, -0.2) is 4.98 Å². The van der Waals surface area contributed by atoms with Gasteiger partial charge in [-0.15, -0.1) is 5.10 Å². The molecule has 0 saturated heterocycles. The third-order valence-corrected chi connectivity index (χ3v) is 4.95. The minimum absolute atomic E-state index is 0.0868. The average Bonchev–Trinajstić information content (AvgIpc) is 3.16. The molecule has 0 radical (unpaired) electrons. The van der Waals surface area contributed by atoms with Crippen LogP contribution in [0.25, 0.3) is 11.4 Å². The highest BCUT2D eigenvalue weighted by atomic mass is 32.2. The molecule has 1 heterocycles. The molecule has 3 aromatic rings. The fourth-order valence-electron chi connectivity index (χ4n) is 2.51. The summed E-state index contributed by atoms with van der Waals surface area (Å²) < 4.78 is 0. The van der Waals surface area contributed by atoms with Crippen molar-refractivity contribution < 1.29 is 4.79 Å². The molecule has 1 aromatic heterocycles. The maximum Gasteiger partial charge on any atom is 0.234 e. The lowest BCUT2D eigenvalue weighted by atomic mass is 10.1. The van der Waals surface area contributed by atoms with E-state index in [2.05, 4.69) is 39.6 Å². The number of hydrogen-bond acceptors (Lipinski definition) is 5. The zero-order chi connectivity index (χ0) is 19.2. The first kappa shape index (κ1) is 19.0. The Labute approximate surface area is 163 Å². The van der Waals surface area contributed by atoms with Gasteiger partial charge in [0, 0.05) is 31.0 Å². The number of rotatable bonds is 7. The molecule has 0 saturated carbocycles. The molecule has 1 amide bonds. The van der Waals surface area contributed by atoms with Crippen LogP contribution in [0.3, 0.4) is 0 Å². The Morgan fingerprint density at radius 2 is 1.81 bits per heavy atom. The first-order valence-electron chi connectivity index (χ1n) is 8.77. The summed E-state index contributed by atoms with van der Waals surface area (Å²) in [6, 6.07) is 15.9. The second-order valence-electron chi connectivity index (χ2n) is 6.30. The number of anilines is 2. The van der Waals surface area contributed by atoms with Gasteiger partial charge in [0.15, 0.2) is 5.82 Å². The van der Waals surface area contributed by atoms with E-state index in [1.165, 1.54) is 17.3 Å². The Kier molecular flexibility index (Phi) is 6.13. The molecule has 2 N–H and O–H groups in total. The summed E-state index contributed by atoms with van der Waals surface area (Å²) >= 11 is 1.31. The van der Waals surface area contributed by atoms with Crippen LogP contribution in [0, 0.1) is 0 Å². The number of amides is 1. The molecule has 0 aliphatic heterocycles. The SMILES string of the molecule is CCc1ccc(-c2nc(SCC(=O)Nc3ccc(N(C)C)cc3)n[nH]2)cc1. The molecule has 7 heteroatoms. The first-order valence-corrected chi connectivity index (χ1v) is 9.75. The number of aromatic nitrogens is 3. The minimum Gasteiger partial charge on any atom is -0.378 e. The predicted octanol–water partition coefficient (Wildman–Crippen LogP) is 3.83. The molecule has 0 spiro atoms. The highest BCUT2D eigenvalue weighted by Gasteiger charge is 2.09. The third kappa shape index (κ3) is 5.10. The summed E-state index contributed by atoms with van der Waals surface area (Å²) in [5, 5.41) is 10.6. The highest BCUT2D eigenvalue weighted by Crippen LogP contribution is 2.20. The number of carbonyl (C=O) groups is 1. The maximum absolute atomic E-state index is 12.1. The fraction of sp³-hybridized carbons (Fsp3) is 0.250. The topological polar surface area (TPSA) is 73.9 Å². The van der Waals surface area contributed by atoms with Crippen LogP contribution in [0.2, 0.25) is 0 Å². The Morgan fingerprint density at radius 1 is 1.11 bits per heavy atom. The Morgan fingerprint density at radius 3 is 2.44 bits per heavy atom. The van der Waals surface area contributed by atoms with Gasteiger partial charge in [0.05, 0.1) is 5.75 Å². The molecular weight excluding hydrogens is 358 g/mol. The van der Waals surface area contributed by atoms with Gasteiger partial charge in [-0.2, -0.15) is 0 Å². The van der Waals surface area contributed by atoms with Gasteiger partial charge >= 0.3 is 0 Å². The lowest BCUT2D eigenvalue weighted by Gasteiger charge is -2.12. The minimum atomic E-state index is -0.0868. The molecule has 27 heavy (non-hydrogen) atoms. The van der Waals surface area contributed by atoms with E-state index in [1.807, 2.05) is 55.4 Å². The molecule has 0 aliphatic rings. The molecular formula is C20H23N5OS. The van der Waals surface area contributed by atoms with Crippen LogP contribution < -0.4 is 10.2 Å². The number of carbonyl (C=O) groups excluding carboxylic acids is 1. The number of benzene rings is 2. The molecule has 2 aromatic carbocycles. The zero-order valence-corrected chi connectivity index (χ0v) is 16.5. The standard InChI is InChI=1S/C20H23N5OS/c1-4-14-5-7-15(8-6-14)19-22-20(24-23-19)27-13-18(26)21-16-9-11-17(12-10-16)25(2)3/h5-12H,4,13H2,1-3H3,(H,21,26)(H,22,23,24). The van der Waals surface area contributed by atoms with E-state index in [4.69, 9.17) is 0 Å². The van der Waals surface area contributed by atoms with Gasteiger partial charge in [-0.1, -0.05) is 43.0 Å². The van der Waals surface area contributed by atoms with Crippen molar-refractivity contribution in [1.29, 1.82) is 0 Å². The molecule has 3 rings (SSSR count). The average molecular weight is 382 g/mol. The number of nitrogens with zero attached hydrogens (tertiary/aromatic N) is 3. The van der Waals surface area contributed by atoms with Crippen molar-refractivity contribution in [1.82, 2.24) is 15.2 Å². The lowest BCUT2D eigenvalue weighted by molar-refractivity contribution is -0.113. The van der Waals surface area contributed by atoms with E-state index in [1.54, 1.807) is 0 Å². The van der Waals surface area contributed by atoms with Crippen molar-refractivity contribution >= 4 is 29.0 Å². The van der Waals surface area contributed by atoms with Crippen molar-refractivity contribution in [2.45, 2.75) is 18.5 Å². The van der Waals surface area contributed by atoms with E-state index in [0.29, 0.717) is 11.0 Å². The quantitative estimate of drug-likeness (QED) is 0.609. The normalized spacial score (nSPS) is 10.6. The summed E-state index contributed by atoms with van der Waals surface area (Å²) in [4.78, 5) is 18.6. The third-order valence-electron chi connectivity index (χ3n) is 4.10. The van der Waals surface area contributed by atoms with Crippen LogP contribution in [0.5, 0.6) is 0 Å². The Bertz CT molecular complexity index is 887. The van der Waals surface area contributed by atoms with Crippen LogP contribution >= 0.6 is 11.8 Å². The van der Waals surface area contributed by atoms with E-state index in [9.17, 15) is 4.79 Å². The van der Waals surface area contributed by atoms with E-state index in [0.717, 1.165) is 23.4 Å². The summed E-state index contributed by atoms with van der Waals surface area (Å²) in [6.45, 7) is 2.12. The van der Waals surface area contributed by atoms with Gasteiger partial charge in [0.2, 0.25) is 11.1 Å². The second-order valence-corrected chi connectivity index (χ2v) is 7.24.